The van der Waals surface area contributed by atoms with Crippen LogP contribution in [0.4, 0.5) is 10.8 Å². The van der Waals surface area contributed by atoms with Gasteiger partial charge >= 0.3 is 5.69 Å². The van der Waals surface area contributed by atoms with E-state index in [9.17, 15) is 14.9 Å². The van der Waals surface area contributed by atoms with Gasteiger partial charge in [0.2, 0.25) is 0 Å². The van der Waals surface area contributed by atoms with Crippen molar-refractivity contribution in [3.63, 3.8) is 0 Å². The summed E-state index contributed by atoms with van der Waals surface area (Å²) in [6.45, 7) is 3.88. The van der Waals surface area contributed by atoms with Gasteiger partial charge < -0.3 is 0 Å². The maximum atomic E-state index is 12.2. The quantitative estimate of drug-likeness (QED) is 0.683. The molecule has 110 valence electrons. The maximum absolute atomic E-state index is 12.2. The molecule has 2 aromatic rings. The molecule has 0 atom stereocenters. The molecule has 1 aromatic heterocycles. The normalized spacial score (nSPS) is 10.4. The second-order valence-corrected chi connectivity index (χ2v) is 5.83. The van der Waals surface area contributed by atoms with Crippen LogP contribution in [0.3, 0.4) is 0 Å². The smallest absolute Gasteiger partial charge is 0.298 e. The van der Waals surface area contributed by atoms with Crippen LogP contribution in [0, 0.1) is 17.0 Å². The van der Waals surface area contributed by atoms with Crippen LogP contribution in [0.2, 0.25) is 5.02 Å². The van der Waals surface area contributed by atoms with Gasteiger partial charge in [-0.15, -0.1) is 11.3 Å². The minimum atomic E-state index is -0.665. The van der Waals surface area contributed by atoms with Crippen molar-refractivity contribution in [1.82, 2.24) is 4.98 Å². The van der Waals surface area contributed by atoms with Gasteiger partial charge in [-0.1, -0.05) is 24.6 Å². The Kier molecular flexibility index (Phi) is 4.54. The number of aromatic nitrogens is 1. The van der Waals surface area contributed by atoms with E-state index in [1.54, 1.807) is 0 Å². The lowest BCUT2D eigenvalue weighted by Gasteiger charge is -2.04. The summed E-state index contributed by atoms with van der Waals surface area (Å²) >= 11 is 7.12. The zero-order chi connectivity index (χ0) is 15.6. The number of carbonyl (C=O) groups excluding carboxylic acids is 1. The Morgan fingerprint density at radius 1 is 1.52 bits per heavy atom. The molecule has 1 heterocycles. The molecule has 6 nitrogen and oxygen atoms in total. The Morgan fingerprint density at radius 3 is 2.81 bits per heavy atom. The molecule has 8 heteroatoms. The zero-order valence-corrected chi connectivity index (χ0v) is 12.9. The number of aryl methyl sites for hydroxylation is 2. The highest BCUT2D eigenvalue weighted by Gasteiger charge is 2.24. The van der Waals surface area contributed by atoms with Gasteiger partial charge in [-0.25, -0.2) is 4.98 Å². The molecule has 0 saturated carbocycles. The van der Waals surface area contributed by atoms with Crippen LogP contribution in [0.15, 0.2) is 18.2 Å². The molecule has 0 spiro atoms. The summed E-state index contributed by atoms with van der Waals surface area (Å²) in [6.07, 6.45) is 0.759. The van der Waals surface area contributed by atoms with E-state index in [4.69, 9.17) is 11.6 Å². The van der Waals surface area contributed by atoms with Crippen molar-refractivity contribution >= 4 is 39.7 Å². The molecule has 1 N–H and O–H groups in total. The van der Waals surface area contributed by atoms with Crippen LogP contribution in [0.5, 0.6) is 0 Å². The topological polar surface area (TPSA) is 85.1 Å². The van der Waals surface area contributed by atoms with Gasteiger partial charge in [-0.05, 0) is 25.5 Å². The maximum Gasteiger partial charge on any atom is 0.300 e. The van der Waals surface area contributed by atoms with Crippen molar-refractivity contribution < 1.29 is 9.72 Å². The predicted octanol–water partition coefficient (Wildman–Crippen LogP) is 3.83. The Balaban J connectivity index is 2.32. The predicted molar refractivity (Wildman–Crippen MR) is 82.3 cm³/mol. The van der Waals surface area contributed by atoms with Crippen LogP contribution in [0.25, 0.3) is 0 Å². The molecule has 0 aliphatic carbocycles. The number of para-hydroxylation sites is 1. The number of rotatable bonds is 4. The van der Waals surface area contributed by atoms with Gasteiger partial charge in [0.1, 0.15) is 10.6 Å². The molecule has 1 aromatic carbocycles. The van der Waals surface area contributed by atoms with E-state index < -0.39 is 16.5 Å². The van der Waals surface area contributed by atoms with E-state index in [1.165, 1.54) is 29.5 Å². The second-order valence-electron chi connectivity index (χ2n) is 4.22. The number of nitro benzene ring substituents is 1. The lowest BCUT2D eigenvalue weighted by Crippen LogP contribution is -2.14. The minimum absolute atomic E-state index is 0.0720. The monoisotopic (exact) mass is 325 g/mol. The molecular weight excluding hydrogens is 314 g/mol. The molecule has 21 heavy (non-hydrogen) atoms. The highest BCUT2D eigenvalue weighted by Crippen LogP contribution is 2.29. The Morgan fingerprint density at radius 2 is 2.24 bits per heavy atom. The summed E-state index contributed by atoms with van der Waals surface area (Å²) in [4.78, 5) is 27.8. The molecule has 0 bridgehead atoms. The first-order chi connectivity index (χ1) is 9.93. The molecular formula is C13H12ClN3O3S. The fourth-order valence-corrected chi connectivity index (χ4v) is 3.00. The van der Waals surface area contributed by atoms with E-state index in [1.807, 2.05) is 13.8 Å². The van der Waals surface area contributed by atoms with Crippen LogP contribution < -0.4 is 5.32 Å². The molecule has 0 unspecified atom stereocenters. The first kappa shape index (κ1) is 15.4. The highest BCUT2D eigenvalue weighted by atomic mass is 35.5. The van der Waals surface area contributed by atoms with Crippen molar-refractivity contribution in [2.45, 2.75) is 20.3 Å². The third kappa shape index (κ3) is 3.20. The van der Waals surface area contributed by atoms with Gasteiger partial charge in [-0.2, -0.15) is 0 Å². The average Bonchev–Trinajstić information content (AvgIpc) is 2.77. The minimum Gasteiger partial charge on any atom is -0.298 e. The molecule has 0 radical (unpaired) electrons. The molecule has 0 saturated heterocycles. The number of nitro groups is 1. The molecule has 0 fully saturated rings. The summed E-state index contributed by atoms with van der Waals surface area (Å²) in [5.41, 5.74) is 0.412. The number of amides is 1. The van der Waals surface area contributed by atoms with Crippen molar-refractivity contribution in [2.24, 2.45) is 0 Å². The van der Waals surface area contributed by atoms with Crippen LogP contribution in [0.1, 0.15) is 27.9 Å². The molecule has 0 aliphatic rings. The van der Waals surface area contributed by atoms with E-state index in [0.717, 1.165) is 17.0 Å². The Bertz CT molecular complexity index is 715. The van der Waals surface area contributed by atoms with Gasteiger partial charge in [-0.3, -0.25) is 20.2 Å². The van der Waals surface area contributed by atoms with Gasteiger partial charge in [0, 0.05) is 4.88 Å². The fraction of sp³-hybridized carbons (Fsp3) is 0.231. The first-order valence-electron chi connectivity index (χ1n) is 6.14. The molecule has 2 rings (SSSR count). The standard InChI is InChI=1S/C13H12ClN3O3S/c1-3-10-7(2)21-13(15-10)16-12(18)8-5-4-6-9(14)11(8)17(19)20/h4-6H,3H2,1-2H3,(H,15,16,18). The Hall–Kier alpha value is -1.99. The summed E-state index contributed by atoms with van der Waals surface area (Å²) in [5, 5.41) is 14.0. The van der Waals surface area contributed by atoms with Crippen LogP contribution >= 0.6 is 22.9 Å². The summed E-state index contributed by atoms with van der Waals surface area (Å²) < 4.78 is 0. The average molecular weight is 326 g/mol. The number of hydrogen-bond acceptors (Lipinski definition) is 5. The van der Waals surface area contributed by atoms with Crippen molar-refractivity contribution in [3.8, 4) is 0 Å². The van der Waals surface area contributed by atoms with Gasteiger partial charge in [0.15, 0.2) is 5.13 Å². The largest absolute Gasteiger partial charge is 0.300 e. The number of benzene rings is 1. The van der Waals surface area contributed by atoms with Crippen molar-refractivity contribution in [3.05, 3.63) is 49.5 Å². The van der Waals surface area contributed by atoms with E-state index in [-0.39, 0.29) is 10.6 Å². The number of thiazole rings is 1. The number of nitrogens with one attached hydrogen (secondary N) is 1. The lowest BCUT2D eigenvalue weighted by molar-refractivity contribution is -0.385. The molecule has 0 aliphatic heterocycles. The van der Waals surface area contributed by atoms with Gasteiger partial charge in [0.25, 0.3) is 5.91 Å². The third-order valence-electron chi connectivity index (χ3n) is 2.86. The van der Waals surface area contributed by atoms with Gasteiger partial charge in [0.05, 0.1) is 10.6 Å². The van der Waals surface area contributed by atoms with Crippen LogP contribution in [-0.2, 0) is 6.42 Å². The Labute approximate surface area is 129 Å². The third-order valence-corrected chi connectivity index (χ3v) is 4.10. The highest BCUT2D eigenvalue weighted by molar-refractivity contribution is 7.15. The number of hydrogen-bond donors (Lipinski definition) is 1. The first-order valence-corrected chi connectivity index (χ1v) is 7.34. The van der Waals surface area contributed by atoms with Crippen molar-refractivity contribution in [1.29, 1.82) is 0 Å². The second kappa shape index (κ2) is 6.19. The fourth-order valence-electron chi connectivity index (χ4n) is 1.86. The SMILES string of the molecule is CCc1nc(NC(=O)c2cccc(Cl)c2[N+](=O)[O-])sc1C. The van der Waals surface area contributed by atoms with E-state index >= 15 is 0 Å². The summed E-state index contributed by atoms with van der Waals surface area (Å²) in [7, 11) is 0. The number of halogens is 1. The number of anilines is 1. The van der Waals surface area contributed by atoms with Crippen LogP contribution in [-0.4, -0.2) is 15.8 Å². The number of nitrogens with zero attached hydrogens (tertiary/aromatic N) is 2. The van der Waals surface area contributed by atoms with E-state index in [2.05, 4.69) is 10.3 Å². The zero-order valence-electron chi connectivity index (χ0n) is 11.3. The van der Waals surface area contributed by atoms with Crippen molar-refractivity contribution in [2.75, 3.05) is 5.32 Å². The summed E-state index contributed by atoms with van der Waals surface area (Å²) in [5.74, 6) is -0.597. The van der Waals surface area contributed by atoms with E-state index in [0.29, 0.717) is 5.13 Å². The number of carbonyl (C=O) groups is 1. The lowest BCUT2D eigenvalue weighted by atomic mass is 10.1. The molecule has 1 amide bonds. The summed E-state index contributed by atoms with van der Waals surface area (Å²) in [6, 6.07) is 4.23.